The van der Waals surface area contributed by atoms with E-state index >= 15 is 0 Å². The number of amides is 1. The molecule has 10 heteroatoms. The Morgan fingerprint density at radius 3 is 1.60 bits per heavy atom. The molecule has 0 rings (SSSR count). The highest BCUT2D eigenvalue weighted by Gasteiger charge is 2.66. The molecule has 0 aliphatic rings. The molecule has 0 aromatic rings. The number of alkyl halides is 8. The van der Waals surface area contributed by atoms with Crippen molar-refractivity contribution in [1.82, 2.24) is 4.90 Å². The fraction of sp³-hybridized carbons (Fsp3) is 0.700. The first-order valence-electron chi connectivity index (χ1n) is 5.31. The number of hydrogen-bond acceptors (Lipinski definition) is 1. The number of allylic oxidation sites excluding steroid dienone is 1. The first kappa shape index (κ1) is 18.7. The van der Waals surface area contributed by atoms with E-state index in [1.807, 2.05) is 0 Å². The van der Waals surface area contributed by atoms with Gasteiger partial charge in [0.25, 0.3) is 0 Å². The smallest absolute Gasteiger partial charge is 0.340 e. The highest BCUT2D eigenvalue weighted by atomic mass is 19.4. The molecule has 1 amide bonds. The van der Waals surface area contributed by atoms with Gasteiger partial charge in [-0.15, -0.1) is 0 Å². The monoisotopic (exact) mass is 313 g/mol. The van der Waals surface area contributed by atoms with Gasteiger partial charge in [0, 0.05) is 19.2 Å². The normalized spacial score (nSPS) is 14.4. The van der Waals surface area contributed by atoms with E-state index in [9.17, 15) is 39.9 Å². The lowest BCUT2D eigenvalue weighted by Gasteiger charge is -2.25. The Balaban J connectivity index is 5.80. The summed E-state index contributed by atoms with van der Waals surface area (Å²) in [5.74, 6) is -7.72. The van der Waals surface area contributed by atoms with Crippen LogP contribution in [-0.4, -0.2) is 42.2 Å². The number of nitrogens with zero attached hydrogens (tertiary/aromatic N) is 1. The molecule has 0 fully saturated rings. The van der Waals surface area contributed by atoms with Gasteiger partial charge in [0.05, 0.1) is 0 Å². The zero-order valence-electron chi connectivity index (χ0n) is 10.4. The largest absolute Gasteiger partial charge is 0.458 e. The molecule has 0 bridgehead atoms. The number of carbonyl (C=O) groups excluding carboxylic acids is 1. The van der Waals surface area contributed by atoms with Gasteiger partial charge in [-0.3, -0.25) is 4.79 Å². The Labute approximate surface area is 109 Å². The topological polar surface area (TPSA) is 20.3 Å². The second-order valence-corrected chi connectivity index (χ2v) is 3.64. The summed E-state index contributed by atoms with van der Waals surface area (Å²) < 4.78 is 98.8. The molecule has 0 aliphatic heterocycles. The minimum absolute atomic E-state index is 0.130. The van der Waals surface area contributed by atoms with E-state index in [2.05, 4.69) is 0 Å². The predicted octanol–water partition coefficient (Wildman–Crippen LogP) is 3.54. The third-order valence-corrected chi connectivity index (χ3v) is 2.34. The maximum atomic E-state index is 12.8. The first-order valence-corrected chi connectivity index (χ1v) is 5.31. The SMILES string of the molecule is CCN(CC)C(=O)/C=C(\C(F)(F)F)C(F)(F)C(F)(F)F. The highest BCUT2D eigenvalue weighted by molar-refractivity contribution is 5.88. The van der Waals surface area contributed by atoms with E-state index in [0.29, 0.717) is 4.90 Å². The van der Waals surface area contributed by atoms with Gasteiger partial charge < -0.3 is 4.90 Å². The van der Waals surface area contributed by atoms with Crippen molar-refractivity contribution in [2.75, 3.05) is 13.1 Å². The molecule has 0 saturated carbocycles. The summed E-state index contributed by atoms with van der Waals surface area (Å²) in [6, 6.07) is 0. The Kier molecular flexibility index (Phi) is 5.56. The number of likely N-dealkylation sites (N-methyl/N-ethyl adjacent to an activating group) is 1. The molecule has 0 saturated heterocycles. The summed E-state index contributed by atoms with van der Waals surface area (Å²) in [7, 11) is 0. The van der Waals surface area contributed by atoms with Gasteiger partial charge in [-0.1, -0.05) is 0 Å². The molecule has 2 nitrogen and oxygen atoms in total. The number of hydrogen-bond donors (Lipinski definition) is 0. The van der Waals surface area contributed by atoms with Crippen LogP contribution in [0, 0.1) is 0 Å². The van der Waals surface area contributed by atoms with Crippen LogP contribution in [0.2, 0.25) is 0 Å². The van der Waals surface area contributed by atoms with Gasteiger partial charge in [-0.2, -0.15) is 35.1 Å². The second-order valence-electron chi connectivity index (χ2n) is 3.64. The minimum Gasteiger partial charge on any atom is -0.340 e. The van der Waals surface area contributed by atoms with Crippen LogP contribution < -0.4 is 0 Å². The van der Waals surface area contributed by atoms with Gasteiger partial charge in [-0.05, 0) is 13.8 Å². The van der Waals surface area contributed by atoms with E-state index in [0.717, 1.165) is 0 Å². The molecule has 0 aromatic carbocycles. The summed E-state index contributed by atoms with van der Waals surface area (Å²) in [6.07, 6.45) is -13.1. The molecule has 0 heterocycles. The summed E-state index contributed by atoms with van der Waals surface area (Å²) >= 11 is 0. The Morgan fingerprint density at radius 1 is 0.950 bits per heavy atom. The minimum atomic E-state index is -6.45. The van der Waals surface area contributed by atoms with Crippen LogP contribution in [-0.2, 0) is 4.79 Å². The zero-order valence-corrected chi connectivity index (χ0v) is 10.4. The molecular formula is C10H11F8NO. The quantitative estimate of drug-likeness (QED) is 0.574. The summed E-state index contributed by atoms with van der Waals surface area (Å²) in [6.45, 7) is 2.41. The van der Waals surface area contributed by atoms with Crippen LogP contribution in [0.15, 0.2) is 11.6 Å². The molecule has 0 aliphatic carbocycles. The second kappa shape index (κ2) is 5.96. The third-order valence-electron chi connectivity index (χ3n) is 2.34. The van der Waals surface area contributed by atoms with Crippen LogP contribution in [0.1, 0.15) is 13.8 Å². The number of carbonyl (C=O) groups is 1. The molecule has 118 valence electrons. The van der Waals surface area contributed by atoms with Gasteiger partial charge in [-0.25, -0.2) is 0 Å². The molecule has 0 aromatic heterocycles. The van der Waals surface area contributed by atoms with E-state index in [1.54, 1.807) is 0 Å². The van der Waals surface area contributed by atoms with E-state index in [-0.39, 0.29) is 13.1 Å². The van der Waals surface area contributed by atoms with Crippen molar-refractivity contribution in [3.05, 3.63) is 11.6 Å². The molecule has 0 N–H and O–H groups in total. The lowest BCUT2D eigenvalue weighted by molar-refractivity contribution is -0.281. The maximum absolute atomic E-state index is 12.8. The Hall–Kier alpha value is -1.35. The molecule has 0 atom stereocenters. The average molecular weight is 313 g/mol. The van der Waals surface area contributed by atoms with Crippen molar-refractivity contribution >= 4 is 5.91 Å². The molecule has 0 radical (unpaired) electrons. The van der Waals surface area contributed by atoms with Crippen LogP contribution in [0.5, 0.6) is 0 Å². The van der Waals surface area contributed by atoms with Crippen LogP contribution in [0.4, 0.5) is 35.1 Å². The van der Waals surface area contributed by atoms with Gasteiger partial charge in [0.2, 0.25) is 5.91 Å². The van der Waals surface area contributed by atoms with Crippen molar-refractivity contribution in [2.45, 2.75) is 32.1 Å². The summed E-state index contributed by atoms with van der Waals surface area (Å²) in [5.41, 5.74) is -3.23. The molecule has 20 heavy (non-hydrogen) atoms. The van der Waals surface area contributed by atoms with Crippen molar-refractivity contribution in [3.63, 3.8) is 0 Å². The Bertz CT molecular complexity index is 378. The van der Waals surface area contributed by atoms with Crippen molar-refractivity contribution in [3.8, 4) is 0 Å². The molecule has 0 spiro atoms. The maximum Gasteiger partial charge on any atom is 0.458 e. The number of halogens is 8. The zero-order chi connectivity index (χ0) is 16.4. The fourth-order valence-corrected chi connectivity index (χ4v) is 1.25. The van der Waals surface area contributed by atoms with Crippen LogP contribution >= 0.6 is 0 Å². The van der Waals surface area contributed by atoms with E-state index in [1.165, 1.54) is 13.8 Å². The van der Waals surface area contributed by atoms with Gasteiger partial charge >= 0.3 is 18.3 Å². The molecule has 0 unspecified atom stereocenters. The summed E-state index contributed by atoms with van der Waals surface area (Å²) in [5, 5.41) is 0. The first-order chi connectivity index (χ1) is 8.79. The van der Waals surface area contributed by atoms with E-state index in [4.69, 9.17) is 0 Å². The average Bonchev–Trinajstić information content (AvgIpc) is 2.24. The van der Waals surface area contributed by atoms with E-state index < -0.39 is 35.8 Å². The van der Waals surface area contributed by atoms with Crippen molar-refractivity contribution in [2.24, 2.45) is 0 Å². The standard InChI is InChI=1S/C10H11F8NO/c1-3-19(4-2)7(20)5-6(9(13,14)15)8(11,12)10(16,17)18/h5H,3-4H2,1-2H3/b6-5-. The Morgan fingerprint density at radius 2 is 1.35 bits per heavy atom. The van der Waals surface area contributed by atoms with Crippen molar-refractivity contribution < 1.29 is 39.9 Å². The fourth-order valence-electron chi connectivity index (χ4n) is 1.25. The van der Waals surface area contributed by atoms with Crippen LogP contribution in [0.25, 0.3) is 0 Å². The molecular weight excluding hydrogens is 302 g/mol. The van der Waals surface area contributed by atoms with Crippen molar-refractivity contribution in [1.29, 1.82) is 0 Å². The van der Waals surface area contributed by atoms with Crippen LogP contribution in [0.3, 0.4) is 0 Å². The number of rotatable bonds is 4. The predicted molar refractivity (Wildman–Crippen MR) is 53.1 cm³/mol. The lowest BCUT2D eigenvalue weighted by Crippen LogP contribution is -2.44. The van der Waals surface area contributed by atoms with Gasteiger partial charge in [0.15, 0.2) is 0 Å². The third kappa shape index (κ3) is 4.07. The van der Waals surface area contributed by atoms with Gasteiger partial charge in [0.1, 0.15) is 5.57 Å². The lowest BCUT2D eigenvalue weighted by atomic mass is 10.1. The highest BCUT2D eigenvalue weighted by Crippen LogP contribution is 2.47. The summed E-state index contributed by atoms with van der Waals surface area (Å²) in [4.78, 5) is 12.0.